The van der Waals surface area contributed by atoms with Crippen molar-refractivity contribution in [2.45, 2.75) is 25.9 Å². The number of amides is 1. The van der Waals surface area contributed by atoms with Crippen LogP contribution in [0.2, 0.25) is 0 Å². The highest BCUT2D eigenvalue weighted by molar-refractivity contribution is 5.92. The fraction of sp³-hybridized carbons (Fsp3) is 0.500. The number of carbonyl (C=O) groups excluding carboxylic acids is 1. The summed E-state index contributed by atoms with van der Waals surface area (Å²) in [6.07, 6.45) is 2.94. The molecule has 1 rings (SSSR count). The predicted octanol–water partition coefficient (Wildman–Crippen LogP) is -0.125. The van der Waals surface area contributed by atoms with E-state index in [1.807, 2.05) is 13.8 Å². The van der Waals surface area contributed by atoms with Crippen molar-refractivity contribution in [3.63, 3.8) is 0 Å². The van der Waals surface area contributed by atoms with Gasteiger partial charge in [0.05, 0.1) is 12.5 Å². The van der Waals surface area contributed by atoms with Crippen LogP contribution >= 0.6 is 0 Å². The van der Waals surface area contributed by atoms with Crippen molar-refractivity contribution in [1.29, 1.82) is 0 Å². The second-order valence-corrected chi connectivity index (χ2v) is 3.09. The maximum atomic E-state index is 11.4. The first-order chi connectivity index (χ1) is 6.11. The fourth-order valence-corrected chi connectivity index (χ4v) is 0.796. The molecule has 1 aromatic heterocycles. The van der Waals surface area contributed by atoms with E-state index in [4.69, 9.17) is 5.73 Å². The van der Waals surface area contributed by atoms with Crippen LogP contribution in [0.4, 0.5) is 0 Å². The maximum Gasteiger partial charge on any atom is 0.269 e. The molecule has 1 aromatic rings. The molecule has 1 heterocycles. The molecule has 5 nitrogen and oxygen atoms in total. The molecule has 2 unspecified atom stereocenters. The molecule has 2 atom stereocenters. The first kappa shape index (κ1) is 9.73. The van der Waals surface area contributed by atoms with E-state index in [0.717, 1.165) is 0 Å². The molecule has 5 heteroatoms. The number of nitrogens with two attached hydrogens (primary N) is 1. The number of rotatable bonds is 3. The lowest BCUT2D eigenvalue weighted by atomic mass is 10.2. The van der Waals surface area contributed by atoms with Crippen LogP contribution < -0.4 is 11.1 Å². The van der Waals surface area contributed by atoms with Crippen LogP contribution in [0.25, 0.3) is 0 Å². The second-order valence-electron chi connectivity index (χ2n) is 3.09. The molecule has 72 valence electrons. The van der Waals surface area contributed by atoms with E-state index < -0.39 is 0 Å². The summed E-state index contributed by atoms with van der Waals surface area (Å²) in [6.45, 7) is 3.71. The second kappa shape index (κ2) is 4.04. The van der Waals surface area contributed by atoms with Crippen LogP contribution in [0.15, 0.2) is 12.5 Å². The Hall–Kier alpha value is -1.36. The number of nitrogens with one attached hydrogen (secondary N) is 2. The molecule has 0 fully saturated rings. The van der Waals surface area contributed by atoms with Crippen molar-refractivity contribution in [3.05, 3.63) is 18.2 Å². The molecule has 4 N–H and O–H groups in total. The van der Waals surface area contributed by atoms with Gasteiger partial charge in [-0.3, -0.25) is 4.79 Å². The van der Waals surface area contributed by atoms with E-state index in [0.29, 0.717) is 5.69 Å². The van der Waals surface area contributed by atoms with E-state index in [2.05, 4.69) is 15.3 Å². The summed E-state index contributed by atoms with van der Waals surface area (Å²) >= 11 is 0. The van der Waals surface area contributed by atoms with Crippen molar-refractivity contribution in [1.82, 2.24) is 15.3 Å². The molecule has 1 amide bonds. The summed E-state index contributed by atoms with van der Waals surface area (Å²) in [4.78, 5) is 17.8. The zero-order valence-electron chi connectivity index (χ0n) is 7.74. The molecular weight excluding hydrogens is 168 g/mol. The Morgan fingerprint density at radius 1 is 1.69 bits per heavy atom. The highest BCUT2D eigenvalue weighted by Gasteiger charge is 2.12. The lowest BCUT2D eigenvalue weighted by molar-refractivity contribution is 0.0931. The van der Waals surface area contributed by atoms with Gasteiger partial charge in [-0.25, -0.2) is 4.98 Å². The number of H-pyrrole nitrogens is 1. The molecule has 0 radical (unpaired) electrons. The van der Waals surface area contributed by atoms with Gasteiger partial charge < -0.3 is 16.0 Å². The van der Waals surface area contributed by atoms with E-state index in [9.17, 15) is 4.79 Å². The average molecular weight is 182 g/mol. The molecule has 0 bridgehead atoms. The molecule has 0 aliphatic rings. The molecule has 0 spiro atoms. The maximum absolute atomic E-state index is 11.4. The quantitative estimate of drug-likeness (QED) is 0.609. The van der Waals surface area contributed by atoms with Crippen LogP contribution in [0.1, 0.15) is 24.3 Å². The van der Waals surface area contributed by atoms with Gasteiger partial charge in [0.25, 0.3) is 5.91 Å². The van der Waals surface area contributed by atoms with Crippen LogP contribution in [-0.2, 0) is 0 Å². The average Bonchev–Trinajstić information content (AvgIpc) is 2.55. The number of nitrogens with zero attached hydrogens (tertiary/aromatic N) is 1. The van der Waals surface area contributed by atoms with Crippen LogP contribution in [0.3, 0.4) is 0 Å². The van der Waals surface area contributed by atoms with Crippen molar-refractivity contribution in [2.24, 2.45) is 5.73 Å². The summed E-state index contributed by atoms with van der Waals surface area (Å²) in [6, 6.07) is -0.109. The van der Waals surface area contributed by atoms with Gasteiger partial charge in [-0.05, 0) is 13.8 Å². The Labute approximate surface area is 76.7 Å². The van der Waals surface area contributed by atoms with E-state index in [1.165, 1.54) is 12.5 Å². The minimum atomic E-state index is -0.178. The lowest BCUT2D eigenvalue weighted by Gasteiger charge is -2.16. The van der Waals surface area contributed by atoms with E-state index >= 15 is 0 Å². The Balaban J connectivity index is 2.52. The smallest absolute Gasteiger partial charge is 0.269 e. The number of carbonyl (C=O) groups is 1. The molecule has 0 saturated carbocycles. The summed E-state index contributed by atoms with van der Waals surface area (Å²) < 4.78 is 0. The Morgan fingerprint density at radius 3 is 2.85 bits per heavy atom. The number of aromatic nitrogens is 2. The highest BCUT2D eigenvalue weighted by Crippen LogP contribution is 1.94. The lowest BCUT2D eigenvalue weighted by Crippen LogP contribution is -2.44. The Bertz CT molecular complexity index is 268. The number of imidazole rings is 1. The largest absolute Gasteiger partial charge is 0.347 e. The zero-order chi connectivity index (χ0) is 9.84. The van der Waals surface area contributed by atoms with Gasteiger partial charge in [-0.15, -0.1) is 0 Å². The molecule has 0 aromatic carbocycles. The fourth-order valence-electron chi connectivity index (χ4n) is 0.796. The minimum absolute atomic E-state index is 0.0456. The molecule has 0 aliphatic heterocycles. The summed E-state index contributed by atoms with van der Waals surface area (Å²) in [5, 5.41) is 2.75. The van der Waals surface area contributed by atoms with Crippen molar-refractivity contribution < 1.29 is 4.79 Å². The third-order valence-corrected chi connectivity index (χ3v) is 1.89. The van der Waals surface area contributed by atoms with Gasteiger partial charge in [0, 0.05) is 12.1 Å². The molecule has 0 aliphatic carbocycles. The first-order valence-corrected chi connectivity index (χ1v) is 4.16. The third kappa shape index (κ3) is 2.55. The SMILES string of the molecule is CC(N)C(C)NC(=O)c1cnc[nH]1. The summed E-state index contributed by atoms with van der Waals surface area (Å²) in [5.41, 5.74) is 6.05. The molecular formula is C8H14N4O. The number of hydrogen-bond acceptors (Lipinski definition) is 3. The monoisotopic (exact) mass is 182 g/mol. The van der Waals surface area contributed by atoms with Crippen molar-refractivity contribution in [2.75, 3.05) is 0 Å². The number of aromatic amines is 1. The molecule has 13 heavy (non-hydrogen) atoms. The predicted molar refractivity (Wildman–Crippen MR) is 49.2 cm³/mol. The van der Waals surface area contributed by atoms with Gasteiger partial charge >= 0.3 is 0 Å². The highest BCUT2D eigenvalue weighted by atomic mass is 16.1. The topological polar surface area (TPSA) is 83.8 Å². The summed E-state index contributed by atoms with van der Waals surface area (Å²) in [7, 11) is 0. The zero-order valence-corrected chi connectivity index (χ0v) is 7.74. The minimum Gasteiger partial charge on any atom is -0.347 e. The summed E-state index contributed by atoms with van der Waals surface area (Å²) in [5.74, 6) is -0.178. The first-order valence-electron chi connectivity index (χ1n) is 4.16. The van der Waals surface area contributed by atoms with Crippen LogP contribution in [0.5, 0.6) is 0 Å². The van der Waals surface area contributed by atoms with E-state index in [1.54, 1.807) is 0 Å². The van der Waals surface area contributed by atoms with Gasteiger partial charge in [0.15, 0.2) is 0 Å². The van der Waals surface area contributed by atoms with Crippen molar-refractivity contribution >= 4 is 5.91 Å². The standard InChI is InChI=1S/C8H14N4O/c1-5(9)6(2)12-8(13)7-3-10-4-11-7/h3-6H,9H2,1-2H3,(H,10,11)(H,12,13). The Morgan fingerprint density at radius 2 is 2.38 bits per heavy atom. The van der Waals surface area contributed by atoms with Gasteiger partial charge in [-0.1, -0.05) is 0 Å². The molecule has 0 saturated heterocycles. The van der Waals surface area contributed by atoms with Gasteiger partial charge in [0.2, 0.25) is 0 Å². The number of hydrogen-bond donors (Lipinski definition) is 3. The van der Waals surface area contributed by atoms with Crippen LogP contribution in [0, 0.1) is 0 Å². The van der Waals surface area contributed by atoms with E-state index in [-0.39, 0.29) is 18.0 Å². The van der Waals surface area contributed by atoms with Gasteiger partial charge in [-0.2, -0.15) is 0 Å². The normalized spacial score (nSPS) is 15.0. The van der Waals surface area contributed by atoms with Crippen LogP contribution in [-0.4, -0.2) is 28.0 Å². The Kier molecular flexibility index (Phi) is 3.02. The van der Waals surface area contributed by atoms with Gasteiger partial charge in [0.1, 0.15) is 5.69 Å². The third-order valence-electron chi connectivity index (χ3n) is 1.89. The van der Waals surface area contributed by atoms with Crippen molar-refractivity contribution in [3.8, 4) is 0 Å².